The molecule has 0 unspecified atom stereocenters. The van der Waals surface area contributed by atoms with Crippen LogP contribution in [0.3, 0.4) is 0 Å². The Kier molecular flexibility index (Phi) is 6.47. The minimum atomic E-state index is -1.75. The molecule has 0 radical (unpaired) electrons. The molecule has 3 fully saturated rings. The first kappa shape index (κ1) is 25.8. The van der Waals surface area contributed by atoms with Gasteiger partial charge in [0.05, 0.1) is 23.9 Å². The van der Waals surface area contributed by atoms with Gasteiger partial charge in [-0.1, -0.05) is 16.9 Å². The minimum absolute atomic E-state index is 0.0583. The van der Waals surface area contributed by atoms with Gasteiger partial charge in [0.2, 0.25) is 22.3 Å². The number of carboxylic acid groups (broad SMARTS) is 2. The number of hydrogen-bond donors (Lipinski definition) is 4. The topological polar surface area (TPSA) is 219 Å². The molecule has 4 atom stereocenters. The fourth-order valence-electron chi connectivity index (χ4n) is 4.14. The summed E-state index contributed by atoms with van der Waals surface area (Å²) in [5, 5.41) is 23.9. The van der Waals surface area contributed by atoms with Crippen LogP contribution in [-0.4, -0.2) is 95.2 Å². The number of rotatable bonds is 9. The van der Waals surface area contributed by atoms with Crippen LogP contribution in [0.15, 0.2) is 10.5 Å². The van der Waals surface area contributed by atoms with Crippen molar-refractivity contribution in [3.63, 3.8) is 0 Å². The van der Waals surface area contributed by atoms with Gasteiger partial charge in [-0.3, -0.25) is 14.4 Å². The van der Waals surface area contributed by atoms with E-state index in [2.05, 4.69) is 10.1 Å². The van der Waals surface area contributed by atoms with E-state index in [-0.39, 0.29) is 36.0 Å². The van der Waals surface area contributed by atoms with Gasteiger partial charge in [-0.05, 0) is 20.3 Å². The van der Waals surface area contributed by atoms with Crippen molar-refractivity contribution in [2.24, 2.45) is 16.8 Å². The highest BCUT2D eigenvalue weighted by Gasteiger charge is 2.65. The summed E-state index contributed by atoms with van der Waals surface area (Å²) < 4.78 is 0. The fourth-order valence-corrected chi connectivity index (χ4v) is 6.39. The summed E-state index contributed by atoms with van der Waals surface area (Å²) >= 11 is 1.96. The van der Waals surface area contributed by atoms with Gasteiger partial charge in [0.1, 0.15) is 5.69 Å². The highest BCUT2D eigenvalue weighted by molar-refractivity contribution is 8.02. The summed E-state index contributed by atoms with van der Waals surface area (Å²) in [6, 6.07) is -0.803. The number of nitrogen functional groups attached to an aromatic ring is 1. The number of aliphatic carboxylic acids is 2. The Bertz CT molecular complexity index is 1180. The third kappa shape index (κ3) is 4.18. The van der Waals surface area contributed by atoms with Crippen LogP contribution in [0, 0.1) is 5.92 Å². The molecular formula is C20H24N6O8S2. The number of nitrogens with two attached hydrogens (primary N) is 2. The molecule has 4 heterocycles. The number of fused-ring (bicyclic) bond motifs is 1. The Morgan fingerprint density at radius 3 is 2.53 bits per heavy atom. The molecule has 0 aliphatic carbocycles. The quantitative estimate of drug-likeness (QED) is 0.171. The Balaban J connectivity index is 1.55. The number of oxime groups is 1. The summed E-state index contributed by atoms with van der Waals surface area (Å²) in [5.41, 5.74) is 9.44. The molecule has 194 valence electrons. The average Bonchev–Trinajstić information content (AvgIpc) is 3.49. The first-order chi connectivity index (χ1) is 16.8. The number of nitrogens with zero attached hydrogens (tertiary/aromatic N) is 4. The van der Waals surface area contributed by atoms with Crippen LogP contribution in [0.4, 0.5) is 5.13 Å². The molecule has 4 rings (SSSR count). The zero-order chi connectivity index (χ0) is 26.6. The van der Waals surface area contributed by atoms with Gasteiger partial charge in [-0.25, -0.2) is 14.6 Å². The number of carbonyl (C=O) groups is 5. The second kappa shape index (κ2) is 9.01. The predicted molar refractivity (Wildman–Crippen MR) is 127 cm³/mol. The van der Waals surface area contributed by atoms with Crippen molar-refractivity contribution < 1.29 is 39.0 Å². The average molecular weight is 541 g/mol. The molecule has 0 aromatic carbocycles. The summed E-state index contributed by atoms with van der Waals surface area (Å²) in [6.45, 7) is 2.42. The van der Waals surface area contributed by atoms with Gasteiger partial charge in [0.15, 0.2) is 16.6 Å². The van der Waals surface area contributed by atoms with Crippen LogP contribution in [0.25, 0.3) is 0 Å². The second-order valence-corrected chi connectivity index (χ2v) is 11.4. The molecule has 1 aromatic heterocycles. The van der Waals surface area contributed by atoms with Crippen molar-refractivity contribution in [3.05, 3.63) is 11.1 Å². The van der Waals surface area contributed by atoms with Crippen molar-refractivity contribution in [3.8, 4) is 0 Å². The maximum Gasteiger partial charge on any atom is 0.350 e. The first-order valence-corrected chi connectivity index (χ1v) is 12.6. The Hall–Kier alpha value is -3.24. The van der Waals surface area contributed by atoms with Crippen molar-refractivity contribution in [1.29, 1.82) is 0 Å². The van der Waals surface area contributed by atoms with Crippen LogP contribution in [0.1, 0.15) is 32.4 Å². The SMILES string of the molecule is CC(C)(O/N=C(\C(=O)C[C@@H]1C(=O)N2C[C@@](C(=O)O)(N3CC[C@H](N)C3=O)S[C@H]12)c1csc(N)n1)C(=O)O. The third-order valence-electron chi connectivity index (χ3n) is 6.28. The minimum Gasteiger partial charge on any atom is -0.479 e. The molecule has 6 N–H and O–H groups in total. The lowest BCUT2D eigenvalue weighted by atomic mass is 9.90. The highest BCUT2D eigenvalue weighted by Crippen LogP contribution is 2.53. The van der Waals surface area contributed by atoms with Crippen LogP contribution in [-0.2, 0) is 28.8 Å². The largest absolute Gasteiger partial charge is 0.479 e. The summed E-state index contributed by atoms with van der Waals surface area (Å²) in [5.74, 6) is -5.07. The Morgan fingerprint density at radius 2 is 2.00 bits per heavy atom. The molecule has 0 saturated carbocycles. The van der Waals surface area contributed by atoms with Crippen molar-refractivity contribution in [1.82, 2.24) is 14.8 Å². The zero-order valence-corrected chi connectivity index (χ0v) is 20.9. The smallest absolute Gasteiger partial charge is 0.350 e. The maximum atomic E-state index is 13.2. The van der Waals surface area contributed by atoms with E-state index in [9.17, 15) is 34.2 Å². The summed E-state index contributed by atoms with van der Waals surface area (Å²) in [6.07, 6.45) is -0.0540. The van der Waals surface area contributed by atoms with Gasteiger partial charge >= 0.3 is 11.9 Å². The zero-order valence-electron chi connectivity index (χ0n) is 19.2. The number of carboxylic acids is 2. The van der Waals surface area contributed by atoms with Gasteiger partial charge in [0.25, 0.3) is 0 Å². The third-order valence-corrected chi connectivity index (χ3v) is 8.70. The molecule has 3 aliphatic rings. The number of Topliss-reactive ketones (excluding diaryl/α,β-unsaturated/α-hetero) is 1. The molecule has 0 bridgehead atoms. The molecule has 0 spiro atoms. The molecule has 36 heavy (non-hydrogen) atoms. The standard InChI is InChI=1S/C20H24N6O8S2/c1-19(2,16(30)31)34-24-12(10-6-35-18(22)23-10)11(27)5-8-13(28)25-7-20(17(32)33,36-15(8)25)26-4-3-9(21)14(26)29/h6,8-9,15H,3-5,7,21H2,1-2H3,(H2,22,23)(H,30,31)(H,32,33)/b24-12-/t8-,9+,15-,20-/m1/s1. The number of aromatic nitrogens is 1. The number of anilines is 1. The first-order valence-electron chi connectivity index (χ1n) is 10.8. The predicted octanol–water partition coefficient (Wildman–Crippen LogP) is -0.860. The van der Waals surface area contributed by atoms with Crippen molar-refractivity contribution in [2.75, 3.05) is 18.8 Å². The number of carbonyl (C=O) groups excluding carboxylic acids is 3. The van der Waals surface area contributed by atoms with Crippen LogP contribution in [0.5, 0.6) is 0 Å². The fraction of sp³-hybridized carbons (Fsp3) is 0.550. The number of hydrogen-bond acceptors (Lipinski definition) is 12. The summed E-state index contributed by atoms with van der Waals surface area (Å²) in [4.78, 5) is 72.2. The molecule has 3 aliphatic heterocycles. The Morgan fingerprint density at radius 1 is 1.31 bits per heavy atom. The number of likely N-dealkylation sites (tertiary alicyclic amines) is 1. The Labute approximate surface area is 212 Å². The van der Waals surface area contributed by atoms with Crippen molar-refractivity contribution >= 4 is 63.5 Å². The number of β-lactam (4-membered cyclic amide) rings is 1. The molecule has 14 nitrogen and oxygen atoms in total. The van der Waals surface area contributed by atoms with E-state index in [1.807, 2.05) is 0 Å². The van der Waals surface area contributed by atoms with Crippen LogP contribution in [0.2, 0.25) is 0 Å². The van der Waals surface area contributed by atoms with E-state index < -0.39 is 57.3 Å². The molecular weight excluding hydrogens is 516 g/mol. The lowest BCUT2D eigenvalue weighted by Gasteiger charge is -2.40. The maximum absolute atomic E-state index is 13.2. The van der Waals surface area contributed by atoms with E-state index in [0.717, 1.165) is 23.1 Å². The van der Waals surface area contributed by atoms with E-state index in [1.165, 1.54) is 29.0 Å². The molecule has 2 amide bonds. The number of ketones is 1. The van der Waals surface area contributed by atoms with E-state index >= 15 is 0 Å². The van der Waals surface area contributed by atoms with Gasteiger partial charge < -0.3 is 36.3 Å². The van der Waals surface area contributed by atoms with E-state index in [1.54, 1.807) is 0 Å². The van der Waals surface area contributed by atoms with Crippen LogP contribution >= 0.6 is 23.1 Å². The number of thioether (sulfide) groups is 1. The van der Waals surface area contributed by atoms with E-state index in [4.69, 9.17) is 16.3 Å². The number of amides is 2. The second-order valence-electron chi connectivity index (χ2n) is 9.10. The molecule has 1 aromatic rings. The lowest BCUT2D eigenvalue weighted by molar-refractivity contribution is -0.161. The molecule has 16 heteroatoms. The normalized spacial score (nSPS) is 28.2. The van der Waals surface area contributed by atoms with E-state index in [0.29, 0.717) is 6.42 Å². The van der Waals surface area contributed by atoms with Gasteiger partial charge in [-0.2, -0.15) is 0 Å². The van der Waals surface area contributed by atoms with Crippen molar-refractivity contribution in [2.45, 2.75) is 48.6 Å². The van der Waals surface area contributed by atoms with Gasteiger partial charge in [-0.15, -0.1) is 11.3 Å². The molecule has 3 saturated heterocycles. The highest BCUT2D eigenvalue weighted by atomic mass is 32.2. The monoisotopic (exact) mass is 540 g/mol. The number of thiazole rings is 1. The van der Waals surface area contributed by atoms with Gasteiger partial charge in [0, 0.05) is 18.3 Å². The van der Waals surface area contributed by atoms with Crippen LogP contribution < -0.4 is 11.5 Å². The summed E-state index contributed by atoms with van der Waals surface area (Å²) in [7, 11) is 0. The lowest BCUT2D eigenvalue weighted by Crippen LogP contribution is -2.59.